The highest BCUT2D eigenvalue weighted by Gasteiger charge is 2.31. The van der Waals surface area contributed by atoms with Gasteiger partial charge in [-0.3, -0.25) is 9.59 Å². The summed E-state index contributed by atoms with van der Waals surface area (Å²) < 4.78 is 12.3. The number of hydrogen-bond donors (Lipinski definition) is 0. The number of benzene rings is 1. The van der Waals surface area contributed by atoms with E-state index >= 15 is 0 Å². The summed E-state index contributed by atoms with van der Waals surface area (Å²) >= 11 is 0. The Morgan fingerprint density at radius 2 is 1.82 bits per heavy atom. The molecule has 1 aromatic carbocycles. The fourth-order valence-corrected chi connectivity index (χ4v) is 4.23. The Kier molecular flexibility index (Phi) is 6.59. The number of esters is 1. The first-order valence-electron chi connectivity index (χ1n) is 11.7. The van der Waals surface area contributed by atoms with Crippen LogP contribution in [0.5, 0.6) is 5.75 Å². The van der Waals surface area contributed by atoms with Crippen LogP contribution in [-0.2, 0) is 14.9 Å². The molecular formula is C26H32N4O4. The number of carbonyl (C=O) groups excluding carboxylic acids is 2. The van der Waals surface area contributed by atoms with Gasteiger partial charge in [-0.15, -0.1) is 0 Å². The maximum absolute atomic E-state index is 13.7. The number of piperidine rings is 1. The number of carbonyl (C=O) groups is 2. The lowest BCUT2D eigenvalue weighted by Crippen LogP contribution is -2.41. The fourth-order valence-electron chi connectivity index (χ4n) is 4.23. The number of methoxy groups -OCH3 is 1. The molecule has 1 fully saturated rings. The largest absolute Gasteiger partial charge is 0.496 e. The third-order valence-corrected chi connectivity index (χ3v) is 6.20. The molecule has 8 heteroatoms. The van der Waals surface area contributed by atoms with Crippen molar-refractivity contribution in [3.63, 3.8) is 0 Å². The van der Waals surface area contributed by atoms with Crippen LogP contribution < -0.4 is 4.74 Å². The molecule has 0 radical (unpaired) electrons. The Bertz CT molecular complexity index is 1200. The van der Waals surface area contributed by atoms with Gasteiger partial charge in [0.15, 0.2) is 5.65 Å². The second-order valence-corrected chi connectivity index (χ2v) is 9.60. The van der Waals surface area contributed by atoms with Gasteiger partial charge < -0.3 is 14.4 Å². The number of amides is 1. The van der Waals surface area contributed by atoms with Gasteiger partial charge >= 0.3 is 5.97 Å². The lowest BCUT2D eigenvalue weighted by Gasteiger charge is -2.31. The minimum atomic E-state index is -0.198. The van der Waals surface area contributed by atoms with E-state index in [1.54, 1.807) is 29.5 Å². The number of likely N-dealkylation sites (tertiary alicyclic amines) is 1. The number of para-hydroxylation sites is 1. The standard InChI is InChI=1S/C26H32N4O4/c1-6-34-25(32)17-11-13-29(14-12-17)24(31)20-15-19(18-9-7-8-10-21(18)33-5)27-23-16-22(26(2,3)4)28-30(20)23/h7-10,15-17H,6,11-14H2,1-5H3. The highest BCUT2D eigenvalue weighted by molar-refractivity contribution is 5.94. The number of nitrogens with zero attached hydrogens (tertiary/aromatic N) is 4. The molecule has 0 saturated carbocycles. The zero-order chi connectivity index (χ0) is 24.5. The second-order valence-electron chi connectivity index (χ2n) is 9.60. The van der Waals surface area contributed by atoms with Crippen LogP contribution in [0.3, 0.4) is 0 Å². The normalized spacial score (nSPS) is 14.9. The highest BCUT2D eigenvalue weighted by atomic mass is 16.5. The van der Waals surface area contributed by atoms with Crippen LogP contribution in [0.1, 0.15) is 56.7 Å². The molecule has 0 atom stereocenters. The van der Waals surface area contributed by atoms with Gasteiger partial charge in [-0.2, -0.15) is 5.10 Å². The van der Waals surface area contributed by atoms with Gasteiger partial charge in [-0.1, -0.05) is 32.9 Å². The number of aromatic nitrogens is 3. The summed E-state index contributed by atoms with van der Waals surface area (Å²) in [4.78, 5) is 32.4. The van der Waals surface area contributed by atoms with Gasteiger partial charge in [0.2, 0.25) is 0 Å². The van der Waals surface area contributed by atoms with E-state index in [2.05, 4.69) is 20.8 Å². The Labute approximate surface area is 199 Å². The predicted molar refractivity (Wildman–Crippen MR) is 129 cm³/mol. The predicted octanol–water partition coefficient (Wildman–Crippen LogP) is 4.12. The first-order chi connectivity index (χ1) is 16.2. The Morgan fingerprint density at radius 3 is 2.47 bits per heavy atom. The maximum Gasteiger partial charge on any atom is 0.309 e. The Balaban J connectivity index is 1.74. The van der Waals surface area contributed by atoms with E-state index in [0.717, 1.165) is 11.3 Å². The van der Waals surface area contributed by atoms with Crippen molar-refractivity contribution in [2.24, 2.45) is 5.92 Å². The SMILES string of the molecule is CCOC(=O)C1CCN(C(=O)c2cc(-c3ccccc3OC)nc3cc(C(C)(C)C)nn23)CC1. The molecule has 0 spiro atoms. The number of ether oxygens (including phenoxy) is 2. The third-order valence-electron chi connectivity index (χ3n) is 6.20. The molecule has 0 bridgehead atoms. The second kappa shape index (κ2) is 9.44. The minimum Gasteiger partial charge on any atom is -0.496 e. The molecule has 1 aliphatic rings. The van der Waals surface area contributed by atoms with E-state index in [-0.39, 0.29) is 23.2 Å². The monoisotopic (exact) mass is 464 g/mol. The summed E-state index contributed by atoms with van der Waals surface area (Å²) in [5.41, 5.74) is 3.16. The third kappa shape index (κ3) is 4.62. The molecule has 3 heterocycles. The van der Waals surface area contributed by atoms with Gasteiger partial charge in [0, 0.05) is 30.1 Å². The van der Waals surface area contributed by atoms with Crippen molar-refractivity contribution >= 4 is 17.5 Å². The molecular weight excluding hydrogens is 432 g/mol. The molecule has 34 heavy (non-hydrogen) atoms. The zero-order valence-electron chi connectivity index (χ0n) is 20.5. The molecule has 1 amide bonds. The van der Waals surface area contributed by atoms with Crippen molar-refractivity contribution in [3.05, 3.63) is 47.8 Å². The van der Waals surface area contributed by atoms with Crippen molar-refractivity contribution in [1.82, 2.24) is 19.5 Å². The zero-order valence-corrected chi connectivity index (χ0v) is 20.5. The molecule has 4 rings (SSSR count). The van der Waals surface area contributed by atoms with Gasteiger partial charge in [0.1, 0.15) is 11.4 Å². The molecule has 2 aromatic heterocycles. The average molecular weight is 465 g/mol. The number of hydrogen-bond acceptors (Lipinski definition) is 6. The average Bonchev–Trinajstić information content (AvgIpc) is 3.28. The first kappa shape index (κ1) is 23.7. The van der Waals surface area contributed by atoms with Crippen molar-refractivity contribution < 1.29 is 19.1 Å². The summed E-state index contributed by atoms with van der Waals surface area (Å²) in [6, 6.07) is 11.3. The van der Waals surface area contributed by atoms with E-state index in [4.69, 9.17) is 19.6 Å². The van der Waals surface area contributed by atoms with Crippen molar-refractivity contribution in [1.29, 1.82) is 0 Å². The van der Waals surface area contributed by atoms with Gasteiger partial charge in [-0.05, 0) is 38.0 Å². The Morgan fingerprint density at radius 1 is 1.12 bits per heavy atom. The summed E-state index contributed by atoms with van der Waals surface area (Å²) in [5.74, 6) is 0.210. The summed E-state index contributed by atoms with van der Waals surface area (Å²) in [7, 11) is 1.62. The topological polar surface area (TPSA) is 86.0 Å². The smallest absolute Gasteiger partial charge is 0.309 e. The van der Waals surface area contributed by atoms with Gasteiger partial charge in [-0.25, -0.2) is 9.50 Å². The minimum absolute atomic E-state index is 0.130. The van der Waals surface area contributed by atoms with Gasteiger partial charge in [0.25, 0.3) is 5.91 Å². The molecule has 3 aromatic rings. The summed E-state index contributed by atoms with van der Waals surface area (Å²) in [6.07, 6.45) is 1.18. The molecule has 180 valence electrons. The molecule has 0 unspecified atom stereocenters. The molecule has 1 saturated heterocycles. The van der Waals surface area contributed by atoms with Gasteiger partial charge in [0.05, 0.1) is 31.0 Å². The van der Waals surface area contributed by atoms with Crippen molar-refractivity contribution in [2.45, 2.75) is 46.0 Å². The molecule has 0 N–H and O–H groups in total. The van der Waals surface area contributed by atoms with Crippen molar-refractivity contribution in [2.75, 3.05) is 26.8 Å². The van der Waals surface area contributed by atoms with Crippen LogP contribution in [0, 0.1) is 5.92 Å². The van der Waals surface area contributed by atoms with E-state index in [1.807, 2.05) is 30.3 Å². The van der Waals surface area contributed by atoms with Crippen LogP contribution in [0.4, 0.5) is 0 Å². The molecule has 8 nitrogen and oxygen atoms in total. The number of rotatable bonds is 5. The van der Waals surface area contributed by atoms with E-state index in [0.29, 0.717) is 55.3 Å². The molecule has 0 aliphatic carbocycles. The van der Waals surface area contributed by atoms with E-state index in [1.165, 1.54) is 0 Å². The lowest BCUT2D eigenvalue weighted by atomic mass is 9.93. The molecule has 1 aliphatic heterocycles. The highest BCUT2D eigenvalue weighted by Crippen LogP contribution is 2.31. The first-order valence-corrected chi connectivity index (χ1v) is 11.7. The lowest BCUT2D eigenvalue weighted by molar-refractivity contribution is -0.149. The summed E-state index contributed by atoms with van der Waals surface area (Å²) in [5, 5.41) is 4.75. The quantitative estimate of drug-likeness (QED) is 0.528. The van der Waals surface area contributed by atoms with E-state index < -0.39 is 0 Å². The Hall–Kier alpha value is -3.42. The van der Waals surface area contributed by atoms with E-state index in [9.17, 15) is 9.59 Å². The summed E-state index contributed by atoms with van der Waals surface area (Å²) in [6.45, 7) is 9.40. The fraction of sp³-hybridized carbons (Fsp3) is 0.462. The van der Waals surface area contributed by atoms with Crippen LogP contribution in [0.25, 0.3) is 16.9 Å². The van der Waals surface area contributed by atoms with Crippen LogP contribution in [-0.4, -0.2) is 58.2 Å². The number of fused-ring (bicyclic) bond motifs is 1. The van der Waals surface area contributed by atoms with Crippen molar-refractivity contribution in [3.8, 4) is 17.0 Å². The van der Waals surface area contributed by atoms with Crippen LogP contribution in [0.2, 0.25) is 0 Å². The van der Waals surface area contributed by atoms with Crippen LogP contribution >= 0.6 is 0 Å². The maximum atomic E-state index is 13.7. The van der Waals surface area contributed by atoms with Crippen LogP contribution in [0.15, 0.2) is 36.4 Å².